The lowest BCUT2D eigenvalue weighted by Gasteiger charge is -2.26. The molecule has 0 bridgehead atoms. The third-order valence-corrected chi connectivity index (χ3v) is 4.18. The number of aromatic carboxylic acids is 2. The number of hydrogen-bond donors (Lipinski definition) is 3. The highest BCUT2D eigenvalue weighted by Gasteiger charge is 2.17. The molecule has 132 valence electrons. The van der Waals surface area contributed by atoms with Crippen LogP contribution in [0, 0.1) is 0 Å². The van der Waals surface area contributed by atoms with Gasteiger partial charge in [0.1, 0.15) is 5.56 Å². The van der Waals surface area contributed by atoms with Gasteiger partial charge in [-0.05, 0) is 18.2 Å². The maximum absolute atomic E-state index is 11.5. The van der Waals surface area contributed by atoms with Gasteiger partial charge in [-0.3, -0.25) is 9.88 Å². The van der Waals surface area contributed by atoms with Gasteiger partial charge in [-0.25, -0.2) is 9.59 Å². The third kappa shape index (κ3) is 3.86. The first-order valence-corrected chi connectivity index (χ1v) is 7.99. The first kappa shape index (κ1) is 17.1. The van der Waals surface area contributed by atoms with Crippen LogP contribution in [0.2, 0.25) is 0 Å². The number of carboxylic acids is 2. The minimum atomic E-state index is -1.11. The number of rotatable bonds is 6. The van der Waals surface area contributed by atoms with E-state index in [2.05, 4.69) is 15.2 Å². The predicted molar refractivity (Wildman–Crippen MR) is 91.4 cm³/mol. The standard InChI is InChI=1S/C17H19N3O5/c21-16(22)11-1-2-14-12(9-11)15(13(10-19-14)17(23)24)18-3-4-20-5-7-25-8-6-20/h1-2,9-10H,3-8H2,(H,18,19)(H,21,22)(H,23,24). The van der Waals surface area contributed by atoms with Crippen molar-refractivity contribution in [2.45, 2.75) is 0 Å². The van der Waals surface area contributed by atoms with Crippen LogP contribution in [0.5, 0.6) is 0 Å². The Morgan fingerprint density at radius 2 is 1.96 bits per heavy atom. The quantitative estimate of drug-likeness (QED) is 0.720. The Morgan fingerprint density at radius 3 is 2.64 bits per heavy atom. The summed E-state index contributed by atoms with van der Waals surface area (Å²) in [4.78, 5) is 29.1. The fraction of sp³-hybridized carbons (Fsp3) is 0.353. The van der Waals surface area contributed by atoms with Gasteiger partial charge in [-0.1, -0.05) is 0 Å². The molecule has 1 aliphatic heterocycles. The van der Waals surface area contributed by atoms with Crippen LogP contribution in [-0.2, 0) is 4.74 Å². The fourth-order valence-corrected chi connectivity index (χ4v) is 2.84. The summed E-state index contributed by atoms with van der Waals surface area (Å²) in [6, 6.07) is 4.49. The summed E-state index contributed by atoms with van der Waals surface area (Å²) in [6.45, 7) is 4.35. The van der Waals surface area contributed by atoms with Gasteiger partial charge < -0.3 is 20.3 Å². The summed E-state index contributed by atoms with van der Waals surface area (Å²) in [7, 11) is 0. The average Bonchev–Trinajstić information content (AvgIpc) is 2.62. The van der Waals surface area contributed by atoms with Crippen LogP contribution in [0.15, 0.2) is 24.4 Å². The molecule has 0 spiro atoms. The van der Waals surface area contributed by atoms with E-state index >= 15 is 0 Å². The number of morpholine rings is 1. The molecule has 3 N–H and O–H groups in total. The Kier molecular flexibility index (Phi) is 5.11. The lowest BCUT2D eigenvalue weighted by atomic mass is 10.1. The Morgan fingerprint density at radius 1 is 1.20 bits per heavy atom. The summed E-state index contributed by atoms with van der Waals surface area (Å²) < 4.78 is 5.30. The van der Waals surface area contributed by atoms with Gasteiger partial charge in [-0.2, -0.15) is 0 Å². The summed E-state index contributed by atoms with van der Waals surface area (Å²) in [5.41, 5.74) is 1.06. The second-order valence-corrected chi connectivity index (χ2v) is 5.77. The largest absolute Gasteiger partial charge is 0.478 e. The summed E-state index contributed by atoms with van der Waals surface area (Å²) in [5.74, 6) is -2.18. The molecule has 0 aliphatic carbocycles. The van der Waals surface area contributed by atoms with Gasteiger partial charge in [0, 0.05) is 37.8 Å². The molecule has 0 amide bonds. The van der Waals surface area contributed by atoms with Gasteiger partial charge in [0.15, 0.2) is 0 Å². The highest BCUT2D eigenvalue weighted by atomic mass is 16.5. The van der Waals surface area contributed by atoms with Crippen molar-refractivity contribution < 1.29 is 24.5 Å². The van der Waals surface area contributed by atoms with Gasteiger partial charge in [0.2, 0.25) is 0 Å². The fourth-order valence-electron chi connectivity index (χ4n) is 2.84. The molecule has 1 aromatic carbocycles. The molecule has 2 heterocycles. The molecule has 2 aromatic rings. The first-order valence-electron chi connectivity index (χ1n) is 7.99. The number of pyridine rings is 1. The van der Waals surface area contributed by atoms with Crippen molar-refractivity contribution in [3.63, 3.8) is 0 Å². The monoisotopic (exact) mass is 345 g/mol. The molecule has 3 rings (SSSR count). The SMILES string of the molecule is O=C(O)c1ccc2ncc(C(=O)O)c(NCCN3CCOCC3)c2c1. The zero-order chi connectivity index (χ0) is 17.8. The number of ether oxygens (including phenoxy) is 1. The van der Waals surface area contributed by atoms with Crippen molar-refractivity contribution in [1.82, 2.24) is 9.88 Å². The van der Waals surface area contributed by atoms with Crippen LogP contribution in [0.25, 0.3) is 10.9 Å². The molecule has 1 aromatic heterocycles. The normalized spacial score (nSPS) is 15.2. The highest BCUT2D eigenvalue weighted by Crippen LogP contribution is 2.27. The summed E-state index contributed by atoms with van der Waals surface area (Å²) >= 11 is 0. The summed E-state index contributed by atoms with van der Waals surface area (Å²) in [5, 5.41) is 22.3. The zero-order valence-electron chi connectivity index (χ0n) is 13.6. The first-order chi connectivity index (χ1) is 12.1. The van der Waals surface area contributed by atoms with E-state index in [1.165, 1.54) is 18.3 Å². The Labute approximate surface area is 144 Å². The van der Waals surface area contributed by atoms with E-state index in [4.69, 9.17) is 4.74 Å². The topological polar surface area (TPSA) is 112 Å². The number of aromatic nitrogens is 1. The molecular formula is C17H19N3O5. The third-order valence-electron chi connectivity index (χ3n) is 4.18. The van der Waals surface area contributed by atoms with E-state index in [0.29, 0.717) is 36.3 Å². The molecule has 25 heavy (non-hydrogen) atoms. The lowest BCUT2D eigenvalue weighted by molar-refractivity contribution is 0.0398. The van der Waals surface area contributed by atoms with Gasteiger partial charge in [-0.15, -0.1) is 0 Å². The maximum Gasteiger partial charge on any atom is 0.339 e. The van der Waals surface area contributed by atoms with Crippen LogP contribution >= 0.6 is 0 Å². The minimum Gasteiger partial charge on any atom is -0.478 e. The van der Waals surface area contributed by atoms with Crippen molar-refractivity contribution in [3.05, 3.63) is 35.5 Å². The second-order valence-electron chi connectivity index (χ2n) is 5.77. The molecule has 0 atom stereocenters. The zero-order valence-corrected chi connectivity index (χ0v) is 13.6. The van der Waals surface area contributed by atoms with Crippen molar-refractivity contribution >= 4 is 28.5 Å². The molecule has 0 unspecified atom stereocenters. The molecule has 1 saturated heterocycles. The number of hydrogen-bond acceptors (Lipinski definition) is 6. The minimum absolute atomic E-state index is 0.0250. The Hall–Kier alpha value is -2.71. The lowest BCUT2D eigenvalue weighted by Crippen LogP contribution is -2.39. The van der Waals surface area contributed by atoms with E-state index in [1.54, 1.807) is 6.07 Å². The van der Waals surface area contributed by atoms with Crippen molar-refractivity contribution in [2.24, 2.45) is 0 Å². The van der Waals surface area contributed by atoms with E-state index in [0.717, 1.165) is 19.6 Å². The number of nitrogens with one attached hydrogen (secondary N) is 1. The average molecular weight is 345 g/mol. The molecule has 0 radical (unpaired) electrons. The van der Waals surface area contributed by atoms with Crippen LogP contribution in [-0.4, -0.2) is 71.4 Å². The summed E-state index contributed by atoms with van der Waals surface area (Å²) in [6.07, 6.45) is 1.29. The number of anilines is 1. The number of benzene rings is 1. The number of nitrogens with zero attached hydrogens (tertiary/aromatic N) is 2. The maximum atomic E-state index is 11.5. The van der Waals surface area contributed by atoms with Crippen LogP contribution in [0.1, 0.15) is 20.7 Å². The van der Waals surface area contributed by atoms with E-state index in [-0.39, 0.29) is 11.1 Å². The van der Waals surface area contributed by atoms with E-state index in [1.807, 2.05) is 0 Å². The van der Waals surface area contributed by atoms with E-state index < -0.39 is 11.9 Å². The van der Waals surface area contributed by atoms with Crippen LogP contribution in [0.3, 0.4) is 0 Å². The Balaban J connectivity index is 1.89. The molecule has 1 fully saturated rings. The van der Waals surface area contributed by atoms with Crippen molar-refractivity contribution in [1.29, 1.82) is 0 Å². The molecular weight excluding hydrogens is 326 g/mol. The van der Waals surface area contributed by atoms with Crippen molar-refractivity contribution in [3.8, 4) is 0 Å². The Bertz CT molecular complexity index is 797. The predicted octanol–water partition coefficient (Wildman–Crippen LogP) is 1.38. The van der Waals surface area contributed by atoms with Gasteiger partial charge >= 0.3 is 11.9 Å². The highest BCUT2D eigenvalue weighted by molar-refractivity contribution is 6.06. The second kappa shape index (κ2) is 7.45. The molecule has 0 saturated carbocycles. The molecule has 1 aliphatic rings. The van der Waals surface area contributed by atoms with E-state index in [9.17, 15) is 19.8 Å². The molecule has 8 nitrogen and oxygen atoms in total. The van der Waals surface area contributed by atoms with Crippen LogP contribution in [0.4, 0.5) is 5.69 Å². The number of fused-ring (bicyclic) bond motifs is 1. The van der Waals surface area contributed by atoms with Gasteiger partial charge in [0.25, 0.3) is 0 Å². The number of carboxylic acid groups (broad SMARTS) is 2. The smallest absolute Gasteiger partial charge is 0.339 e. The molecule has 8 heteroatoms. The number of carbonyl (C=O) groups is 2. The van der Waals surface area contributed by atoms with Crippen LogP contribution < -0.4 is 5.32 Å². The van der Waals surface area contributed by atoms with Crippen molar-refractivity contribution in [2.75, 3.05) is 44.7 Å². The van der Waals surface area contributed by atoms with Gasteiger partial charge in [0.05, 0.1) is 30.0 Å².